The molecular formula is C27H27N5O2S. The van der Waals surface area contributed by atoms with Crippen LogP contribution in [-0.2, 0) is 16.8 Å². The lowest BCUT2D eigenvalue weighted by atomic mass is 9.87. The molecular weight excluding hydrogens is 458 g/mol. The van der Waals surface area contributed by atoms with Gasteiger partial charge in [0.05, 0.1) is 24.6 Å². The summed E-state index contributed by atoms with van der Waals surface area (Å²) in [4.78, 5) is 14.5. The fourth-order valence-electron chi connectivity index (χ4n) is 3.64. The van der Waals surface area contributed by atoms with Crippen LogP contribution in [0.4, 0.5) is 5.69 Å². The number of nitriles is 1. The van der Waals surface area contributed by atoms with Gasteiger partial charge in [-0.15, -0.1) is 10.2 Å². The summed E-state index contributed by atoms with van der Waals surface area (Å²) in [7, 11) is 0. The third-order valence-electron chi connectivity index (χ3n) is 5.54. The molecule has 0 fully saturated rings. The van der Waals surface area contributed by atoms with Crippen molar-refractivity contribution < 1.29 is 9.21 Å². The van der Waals surface area contributed by atoms with Crippen molar-refractivity contribution in [1.29, 1.82) is 5.26 Å². The molecule has 2 aromatic carbocycles. The molecule has 0 aliphatic carbocycles. The number of furan rings is 1. The minimum atomic E-state index is -0.175. The van der Waals surface area contributed by atoms with Gasteiger partial charge in [0.25, 0.3) is 0 Å². The number of anilines is 1. The second-order valence-corrected chi connectivity index (χ2v) is 10.0. The standard InChI is InChI=1S/C27H27N5O2S/c1-27(2,3)21-13-11-20(12-14-21)25-29-30-26(32(25)18-23-10-7-17-34-23)35-19-24(33)31(16-15-28)22-8-5-4-6-9-22/h4-14,17H,16,18-19H2,1-3H3. The minimum Gasteiger partial charge on any atom is -0.467 e. The van der Waals surface area contributed by atoms with Crippen LogP contribution in [0.25, 0.3) is 11.4 Å². The van der Waals surface area contributed by atoms with Crippen molar-refractivity contribution in [2.24, 2.45) is 0 Å². The van der Waals surface area contributed by atoms with Gasteiger partial charge in [-0.1, -0.05) is 75.0 Å². The molecule has 7 nitrogen and oxygen atoms in total. The van der Waals surface area contributed by atoms with Crippen LogP contribution in [0, 0.1) is 11.3 Å². The number of thioether (sulfide) groups is 1. The second kappa shape index (κ2) is 10.6. The lowest BCUT2D eigenvalue weighted by Crippen LogP contribution is -2.32. The largest absolute Gasteiger partial charge is 0.467 e. The highest BCUT2D eigenvalue weighted by atomic mass is 32.2. The van der Waals surface area contributed by atoms with Crippen molar-refractivity contribution in [2.45, 2.75) is 37.9 Å². The van der Waals surface area contributed by atoms with Crippen molar-refractivity contribution in [2.75, 3.05) is 17.2 Å². The fourth-order valence-corrected chi connectivity index (χ4v) is 4.45. The number of carbonyl (C=O) groups excluding carboxylic acids is 1. The number of amides is 1. The zero-order valence-corrected chi connectivity index (χ0v) is 20.8. The molecule has 0 bridgehead atoms. The van der Waals surface area contributed by atoms with Gasteiger partial charge < -0.3 is 4.42 Å². The summed E-state index contributed by atoms with van der Waals surface area (Å²) in [5.74, 6) is 1.41. The lowest BCUT2D eigenvalue weighted by molar-refractivity contribution is -0.116. The summed E-state index contributed by atoms with van der Waals surface area (Å²) in [6.45, 7) is 6.95. The Morgan fingerprint density at radius 2 is 1.80 bits per heavy atom. The Hall–Kier alpha value is -3.83. The number of aromatic nitrogens is 3. The van der Waals surface area contributed by atoms with E-state index in [1.54, 1.807) is 6.26 Å². The van der Waals surface area contributed by atoms with Crippen molar-refractivity contribution in [3.05, 3.63) is 84.3 Å². The monoisotopic (exact) mass is 485 g/mol. The van der Waals surface area contributed by atoms with Gasteiger partial charge in [0.2, 0.25) is 5.91 Å². The normalized spacial score (nSPS) is 11.3. The maximum atomic E-state index is 13.0. The summed E-state index contributed by atoms with van der Waals surface area (Å²) in [5.41, 5.74) is 2.91. The summed E-state index contributed by atoms with van der Waals surface area (Å²) >= 11 is 1.30. The van der Waals surface area contributed by atoms with E-state index >= 15 is 0 Å². The molecule has 0 aliphatic heterocycles. The Bertz CT molecular complexity index is 1300. The number of benzene rings is 2. The van der Waals surface area contributed by atoms with Crippen LogP contribution in [0.5, 0.6) is 0 Å². The molecule has 0 saturated carbocycles. The lowest BCUT2D eigenvalue weighted by Gasteiger charge is -2.19. The number of para-hydroxylation sites is 1. The first-order valence-electron chi connectivity index (χ1n) is 11.3. The predicted octanol–water partition coefficient (Wildman–Crippen LogP) is 5.53. The van der Waals surface area contributed by atoms with Crippen molar-refractivity contribution in [3.63, 3.8) is 0 Å². The van der Waals surface area contributed by atoms with Gasteiger partial charge >= 0.3 is 0 Å². The molecule has 2 heterocycles. The van der Waals surface area contributed by atoms with Crippen LogP contribution >= 0.6 is 11.8 Å². The zero-order chi connectivity index (χ0) is 24.8. The highest BCUT2D eigenvalue weighted by Crippen LogP contribution is 2.29. The van der Waals surface area contributed by atoms with Gasteiger partial charge in [0.1, 0.15) is 12.3 Å². The van der Waals surface area contributed by atoms with E-state index in [1.165, 1.54) is 22.2 Å². The predicted molar refractivity (Wildman–Crippen MR) is 137 cm³/mol. The average molecular weight is 486 g/mol. The molecule has 0 atom stereocenters. The second-order valence-electron chi connectivity index (χ2n) is 9.06. The molecule has 2 aromatic heterocycles. The van der Waals surface area contributed by atoms with Crippen LogP contribution in [0.2, 0.25) is 0 Å². The molecule has 4 aromatic rings. The van der Waals surface area contributed by atoms with Gasteiger partial charge in [-0.05, 0) is 35.2 Å². The van der Waals surface area contributed by atoms with E-state index in [0.717, 1.165) is 11.3 Å². The highest BCUT2D eigenvalue weighted by molar-refractivity contribution is 7.99. The van der Waals surface area contributed by atoms with Crippen molar-refractivity contribution >= 4 is 23.4 Å². The van der Waals surface area contributed by atoms with E-state index in [2.05, 4.69) is 49.2 Å². The summed E-state index contributed by atoms with van der Waals surface area (Å²) in [6, 6.07) is 23.3. The Balaban J connectivity index is 1.59. The molecule has 178 valence electrons. The fraction of sp³-hybridized carbons (Fsp3) is 0.259. The Morgan fingerprint density at radius 1 is 1.06 bits per heavy atom. The average Bonchev–Trinajstić information content (AvgIpc) is 3.51. The third kappa shape index (κ3) is 5.81. The summed E-state index contributed by atoms with van der Waals surface area (Å²) in [6.07, 6.45) is 1.63. The molecule has 8 heteroatoms. The minimum absolute atomic E-state index is 0.0200. The van der Waals surface area contributed by atoms with Gasteiger partial charge in [-0.25, -0.2) is 0 Å². The zero-order valence-electron chi connectivity index (χ0n) is 20.0. The van der Waals surface area contributed by atoms with Crippen LogP contribution in [0.3, 0.4) is 0 Å². The molecule has 0 N–H and O–H groups in total. The van der Waals surface area contributed by atoms with Gasteiger partial charge in [0.15, 0.2) is 11.0 Å². The van der Waals surface area contributed by atoms with E-state index in [-0.39, 0.29) is 23.6 Å². The quantitative estimate of drug-likeness (QED) is 0.241. The smallest absolute Gasteiger partial charge is 0.238 e. The topological polar surface area (TPSA) is 88.0 Å². The van der Waals surface area contributed by atoms with E-state index < -0.39 is 0 Å². The number of hydrogen-bond donors (Lipinski definition) is 0. The number of carbonyl (C=O) groups is 1. The van der Waals surface area contributed by atoms with Crippen LogP contribution in [0.15, 0.2) is 82.6 Å². The first-order valence-corrected chi connectivity index (χ1v) is 12.3. The molecule has 0 unspecified atom stereocenters. The van der Waals surface area contributed by atoms with Crippen molar-refractivity contribution in [3.8, 4) is 17.5 Å². The van der Waals surface area contributed by atoms with Gasteiger partial charge in [0, 0.05) is 11.3 Å². The number of hydrogen-bond acceptors (Lipinski definition) is 6. The molecule has 1 amide bonds. The van der Waals surface area contributed by atoms with Crippen LogP contribution < -0.4 is 4.90 Å². The van der Waals surface area contributed by atoms with Crippen LogP contribution in [0.1, 0.15) is 32.1 Å². The summed E-state index contributed by atoms with van der Waals surface area (Å²) < 4.78 is 7.53. The molecule has 0 aliphatic rings. The Kier molecular flexibility index (Phi) is 7.37. The first kappa shape index (κ1) is 24.3. The van der Waals surface area contributed by atoms with E-state index in [1.807, 2.05) is 59.2 Å². The van der Waals surface area contributed by atoms with Gasteiger partial charge in [-0.2, -0.15) is 5.26 Å². The van der Waals surface area contributed by atoms with E-state index in [9.17, 15) is 10.1 Å². The van der Waals surface area contributed by atoms with Crippen LogP contribution in [-0.4, -0.2) is 33.0 Å². The maximum Gasteiger partial charge on any atom is 0.238 e. The molecule has 0 spiro atoms. The Morgan fingerprint density at radius 3 is 2.43 bits per heavy atom. The maximum absolute atomic E-state index is 13.0. The summed E-state index contributed by atoms with van der Waals surface area (Å²) in [5, 5.41) is 18.7. The third-order valence-corrected chi connectivity index (χ3v) is 6.49. The molecule has 0 radical (unpaired) electrons. The molecule has 4 rings (SSSR count). The molecule has 35 heavy (non-hydrogen) atoms. The Labute approximate surface area is 209 Å². The first-order chi connectivity index (χ1) is 16.9. The number of nitrogens with zero attached hydrogens (tertiary/aromatic N) is 5. The van der Waals surface area contributed by atoms with E-state index in [0.29, 0.717) is 23.2 Å². The molecule has 0 saturated heterocycles. The van der Waals surface area contributed by atoms with Gasteiger partial charge in [-0.3, -0.25) is 14.3 Å². The SMILES string of the molecule is CC(C)(C)c1ccc(-c2nnc(SCC(=O)N(CC#N)c3ccccc3)n2Cc2ccco2)cc1. The van der Waals surface area contributed by atoms with Crippen molar-refractivity contribution in [1.82, 2.24) is 14.8 Å². The number of rotatable bonds is 8. The van der Waals surface area contributed by atoms with E-state index in [4.69, 9.17) is 4.42 Å². The highest BCUT2D eigenvalue weighted by Gasteiger charge is 2.21.